The fraction of sp³-hybridized carbons (Fsp3) is 0.304. The molecule has 3 aromatic heterocycles. The monoisotopic (exact) mass is 460 g/mol. The third-order valence-corrected chi connectivity index (χ3v) is 6.28. The molecular formula is C23H21FN8O2. The number of pyridine rings is 1. The largest absolute Gasteiger partial charge is 0.420 e. The first-order valence-corrected chi connectivity index (χ1v) is 11.1. The smallest absolute Gasteiger partial charge is 0.249 e. The lowest BCUT2D eigenvalue weighted by atomic mass is 10.1. The van der Waals surface area contributed by atoms with Crippen molar-refractivity contribution in [2.75, 3.05) is 11.9 Å². The number of carbonyl (C=O) groups excluding carboxylic acids is 1. The zero-order chi connectivity index (χ0) is 23.1. The summed E-state index contributed by atoms with van der Waals surface area (Å²) in [5.74, 6) is -0.177. The first-order chi connectivity index (χ1) is 16.6. The highest BCUT2D eigenvalue weighted by Crippen LogP contribution is 2.26. The Morgan fingerprint density at radius 3 is 2.82 bits per heavy atom. The molecule has 0 bridgehead atoms. The van der Waals surface area contributed by atoms with Crippen LogP contribution < -0.4 is 5.32 Å². The van der Waals surface area contributed by atoms with Crippen molar-refractivity contribution in [3.63, 3.8) is 0 Å². The van der Waals surface area contributed by atoms with Gasteiger partial charge in [0.25, 0.3) is 0 Å². The van der Waals surface area contributed by atoms with Gasteiger partial charge in [-0.2, -0.15) is 0 Å². The molecule has 172 valence electrons. The van der Waals surface area contributed by atoms with E-state index in [1.165, 1.54) is 23.4 Å². The molecule has 34 heavy (non-hydrogen) atoms. The van der Waals surface area contributed by atoms with Gasteiger partial charge in [0.1, 0.15) is 12.1 Å². The number of hydrogen-bond donors (Lipinski definition) is 2. The van der Waals surface area contributed by atoms with Gasteiger partial charge in [-0.05, 0) is 30.0 Å². The SMILES string of the molecule is O=C(Cc1nnc(-c2cnc(NC3Cc4ccccc4C3)c(F)c2)o1)N1CCc2[nH]nnc2C1. The van der Waals surface area contributed by atoms with Crippen molar-refractivity contribution < 1.29 is 13.6 Å². The number of aromatic nitrogens is 6. The molecule has 0 unspecified atom stereocenters. The van der Waals surface area contributed by atoms with Crippen LogP contribution in [-0.4, -0.2) is 54.0 Å². The van der Waals surface area contributed by atoms with Crippen LogP contribution in [0.1, 0.15) is 28.4 Å². The molecule has 1 aromatic carbocycles. The van der Waals surface area contributed by atoms with Crippen LogP contribution in [-0.2, 0) is 37.0 Å². The van der Waals surface area contributed by atoms with Crippen LogP contribution in [0, 0.1) is 5.82 Å². The summed E-state index contributed by atoms with van der Waals surface area (Å²) in [4.78, 5) is 18.6. The number of fused-ring (bicyclic) bond motifs is 2. The molecule has 0 saturated carbocycles. The second-order valence-electron chi connectivity index (χ2n) is 8.55. The third-order valence-electron chi connectivity index (χ3n) is 6.28. The summed E-state index contributed by atoms with van der Waals surface area (Å²) >= 11 is 0. The summed E-state index contributed by atoms with van der Waals surface area (Å²) in [5, 5.41) is 21.7. The molecule has 0 spiro atoms. The van der Waals surface area contributed by atoms with Gasteiger partial charge in [0.15, 0.2) is 11.6 Å². The number of hydrogen-bond acceptors (Lipinski definition) is 8. The van der Waals surface area contributed by atoms with Gasteiger partial charge < -0.3 is 14.6 Å². The van der Waals surface area contributed by atoms with Gasteiger partial charge in [-0.15, -0.1) is 15.3 Å². The van der Waals surface area contributed by atoms with Crippen LogP contribution in [0.3, 0.4) is 0 Å². The molecule has 1 aliphatic heterocycles. The minimum Gasteiger partial charge on any atom is -0.420 e. The number of benzene rings is 1. The number of nitrogens with one attached hydrogen (secondary N) is 2. The van der Waals surface area contributed by atoms with E-state index >= 15 is 0 Å². The Labute approximate surface area is 193 Å². The van der Waals surface area contributed by atoms with Crippen LogP contribution in [0.2, 0.25) is 0 Å². The molecule has 0 radical (unpaired) electrons. The lowest BCUT2D eigenvalue weighted by Gasteiger charge is -2.25. The van der Waals surface area contributed by atoms with E-state index in [0.29, 0.717) is 25.1 Å². The number of H-pyrrole nitrogens is 1. The van der Waals surface area contributed by atoms with Crippen molar-refractivity contribution in [1.29, 1.82) is 0 Å². The molecule has 1 aliphatic carbocycles. The molecule has 0 fully saturated rings. The Hall–Kier alpha value is -4.15. The number of amides is 1. The van der Waals surface area contributed by atoms with Crippen LogP contribution in [0.5, 0.6) is 0 Å². The number of anilines is 1. The van der Waals surface area contributed by atoms with Gasteiger partial charge in [-0.1, -0.05) is 29.5 Å². The molecule has 2 N–H and O–H groups in total. The first kappa shape index (κ1) is 20.5. The third kappa shape index (κ3) is 3.89. The summed E-state index contributed by atoms with van der Waals surface area (Å²) < 4.78 is 20.4. The predicted octanol–water partition coefficient (Wildman–Crippen LogP) is 2.10. The average Bonchev–Trinajstić information content (AvgIpc) is 3.59. The highest BCUT2D eigenvalue weighted by Gasteiger charge is 2.25. The Balaban J connectivity index is 1.10. The number of nitrogens with zero attached hydrogens (tertiary/aromatic N) is 6. The van der Waals surface area contributed by atoms with Crippen LogP contribution in [0.15, 0.2) is 40.9 Å². The fourth-order valence-electron chi connectivity index (χ4n) is 4.52. The zero-order valence-electron chi connectivity index (χ0n) is 18.2. The average molecular weight is 460 g/mol. The number of carbonyl (C=O) groups is 1. The molecule has 10 nitrogen and oxygen atoms in total. The number of halogens is 1. The van der Waals surface area contributed by atoms with E-state index in [1.54, 1.807) is 4.90 Å². The van der Waals surface area contributed by atoms with Gasteiger partial charge in [0.2, 0.25) is 17.7 Å². The van der Waals surface area contributed by atoms with Gasteiger partial charge >= 0.3 is 0 Å². The predicted molar refractivity (Wildman–Crippen MR) is 118 cm³/mol. The molecule has 0 atom stereocenters. The van der Waals surface area contributed by atoms with E-state index in [0.717, 1.165) is 24.2 Å². The summed E-state index contributed by atoms with van der Waals surface area (Å²) in [7, 11) is 0. The van der Waals surface area contributed by atoms with Crippen LogP contribution in [0.4, 0.5) is 10.2 Å². The van der Waals surface area contributed by atoms with E-state index in [1.807, 2.05) is 12.1 Å². The second kappa shape index (κ2) is 8.32. The summed E-state index contributed by atoms with van der Waals surface area (Å²) in [6.45, 7) is 0.952. The summed E-state index contributed by atoms with van der Waals surface area (Å²) in [5.41, 5.74) is 4.62. The maximum absolute atomic E-state index is 14.8. The molecule has 2 aliphatic rings. The Morgan fingerprint density at radius 2 is 2.03 bits per heavy atom. The van der Waals surface area contributed by atoms with Gasteiger partial charge in [0.05, 0.1) is 17.8 Å². The zero-order valence-corrected chi connectivity index (χ0v) is 18.2. The molecule has 11 heteroatoms. The van der Waals surface area contributed by atoms with Gasteiger partial charge in [-0.3, -0.25) is 9.89 Å². The van der Waals surface area contributed by atoms with Gasteiger partial charge in [-0.25, -0.2) is 9.37 Å². The van der Waals surface area contributed by atoms with E-state index in [-0.39, 0.29) is 36.0 Å². The Bertz CT molecular complexity index is 1340. The molecule has 1 amide bonds. The van der Waals surface area contributed by atoms with Crippen molar-refractivity contribution in [2.45, 2.75) is 38.3 Å². The Morgan fingerprint density at radius 1 is 1.21 bits per heavy atom. The second-order valence-corrected chi connectivity index (χ2v) is 8.55. The minimum absolute atomic E-state index is 0.0437. The van der Waals surface area contributed by atoms with E-state index in [4.69, 9.17) is 4.42 Å². The van der Waals surface area contributed by atoms with Gasteiger partial charge in [0, 0.05) is 25.2 Å². The molecule has 6 rings (SSSR count). The Kier molecular flexibility index (Phi) is 5.01. The number of aromatic amines is 1. The van der Waals surface area contributed by atoms with Crippen LogP contribution in [0.25, 0.3) is 11.5 Å². The maximum atomic E-state index is 14.8. The maximum Gasteiger partial charge on any atom is 0.249 e. The molecule has 0 saturated heterocycles. The quantitative estimate of drug-likeness (QED) is 0.464. The topological polar surface area (TPSA) is 126 Å². The highest BCUT2D eigenvalue weighted by atomic mass is 19.1. The lowest BCUT2D eigenvalue weighted by molar-refractivity contribution is -0.131. The molecular weight excluding hydrogens is 439 g/mol. The number of rotatable bonds is 5. The molecule has 4 heterocycles. The van der Waals surface area contributed by atoms with E-state index in [9.17, 15) is 9.18 Å². The highest BCUT2D eigenvalue weighted by molar-refractivity contribution is 5.78. The summed E-state index contributed by atoms with van der Waals surface area (Å²) in [6, 6.07) is 9.62. The summed E-state index contributed by atoms with van der Waals surface area (Å²) in [6.07, 6.45) is 3.77. The standard InChI is InChI=1S/C23H21FN8O2/c24-17-9-15(11-25-22(17)26-16-7-13-3-1-2-4-14(13)8-16)23-30-29-20(34-23)10-21(33)32-6-5-18-19(12-32)28-31-27-18/h1-4,9,11,16H,5-8,10,12H2,(H,25,26)(H,27,28,31). The molecule has 4 aromatic rings. The fourth-order valence-corrected chi connectivity index (χ4v) is 4.52. The first-order valence-electron chi connectivity index (χ1n) is 11.1. The van der Waals surface area contributed by atoms with Crippen molar-refractivity contribution in [3.8, 4) is 11.5 Å². The lowest BCUT2D eigenvalue weighted by Crippen LogP contribution is -2.37. The van der Waals surface area contributed by atoms with Crippen molar-refractivity contribution >= 4 is 11.7 Å². The minimum atomic E-state index is -0.499. The van der Waals surface area contributed by atoms with E-state index < -0.39 is 5.82 Å². The normalized spacial score (nSPS) is 15.3. The van der Waals surface area contributed by atoms with E-state index in [2.05, 4.69) is 48.0 Å². The van der Waals surface area contributed by atoms with Crippen molar-refractivity contribution in [1.82, 2.24) is 35.5 Å². The van der Waals surface area contributed by atoms with Crippen molar-refractivity contribution in [3.05, 3.63) is 70.8 Å². The van der Waals surface area contributed by atoms with Crippen molar-refractivity contribution in [2.24, 2.45) is 0 Å². The van der Waals surface area contributed by atoms with Crippen LogP contribution >= 0.6 is 0 Å².